The molecule has 84 heavy (non-hydrogen) atoms. The first-order chi connectivity index (χ1) is 41.0. The van der Waals surface area contributed by atoms with E-state index in [-0.39, 0.29) is 36.5 Å². The van der Waals surface area contributed by atoms with Crippen molar-refractivity contribution in [3.05, 3.63) is 113 Å². The Hall–Kier alpha value is -8.58. The van der Waals surface area contributed by atoms with E-state index >= 15 is 0 Å². The molecule has 0 saturated carbocycles. The number of nitrogens with two attached hydrogens (primary N) is 1. The Kier molecular flexibility index (Phi) is 21.1. The molecule has 9 heterocycles. The number of carbonyl (C=O) groups excluding carboxylic acids is 2. The summed E-state index contributed by atoms with van der Waals surface area (Å²) in [6, 6.07) is 22.9. The molecule has 3 aliphatic rings. The molecule has 6 aromatic heterocycles. The topological polar surface area (TPSA) is 316 Å². The zero-order valence-electron chi connectivity index (χ0n) is 47.1. The van der Waals surface area contributed by atoms with Gasteiger partial charge in [0.15, 0.2) is 29.0 Å². The van der Waals surface area contributed by atoms with Gasteiger partial charge in [0.05, 0.1) is 41.3 Å². The van der Waals surface area contributed by atoms with E-state index in [0.29, 0.717) is 65.6 Å². The molecule has 442 valence electrons. The molecule has 0 aliphatic carbocycles. The van der Waals surface area contributed by atoms with Crippen molar-refractivity contribution in [1.29, 1.82) is 0 Å². The Morgan fingerprint density at radius 2 is 0.845 bits per heavy atom. The van der Waals surface area contributed by atoms with Crippen molar-refractivity contribution in [2.45, 2.75) is 62.4 Å². The van der Waals surface area contributed by atoms with Crippen LogP contribution >= 0.6 is 34.0 Å². The number of methoxy groups -OCH3 is 6. The molecule has 0 amide bonds. The molecule has 30 heteroatoms. The van der Waals surface area contributed by atoms with Gasteiger partial charge in [-0.3, -0.25) is 9.59 Å². The van der Waals surface area contributed by atoms with Crippen LogP contribution in [0.15, 0.2) is 91.4 Å². The lowest BCUT2D eigenvalue weighted by Gasteiger charge is -2.16. The Labute approximate surface area is 496 Å². The number of hydrogen-bond acceptors (Lipinski definition) is 30. The largest absolute Gasteiger partial charge is 0.497 e. The van der Waals surface area contributed by atoms with E-state index in [4.69, 9.17) is 34.2 Å². The molecule has 3 aliphatic heterocycles. The van der Waals surface area contributed by atoms with Gasteiger partial charge in [-0.25, -0.2) is 0 Å². The zero-order chi connectivity index (χ0) is 58.8. The lowest BCUT2D eigenvalue weighted by Crippen LogP contribution is -2.26. The van der Waals surface area contributed by atoms with Crippen LogP contribution in [0.3, 0.4) is 0 Å². The maximum atomic E-state index is 13.0. The highest BCUT2D eigenvalue weighted by Crippen LogP contribution is 2.33. The average Bonchev–Trinajstić information content (AvgIpc) is 4.55. The van der Waals surface area contributed by atoms with Crippen molar-refractivity contribution in [3.8, 4) is 23.0 Å². The SMILES string of the molecule is COc1cc(OC)cc([C@@H](OC)C(=O)Cc2nnc(N[C@@H]3CCN(c4cccnn4)C3)s2)c1.COc1cc(OC)cc([C@H](OC)C(=O)Cc2nnc(N[C@@H]3CCN(c4cccnn4)C3)s2)c1.Nc1nnc(N[C@@H]2CCN(c3cccnn3)C2)s1. The maximum absolute atomic E-state index is 13.0. The lowest BCUT2D eigenvalue weighted by atomic mass is 10.0. The third-order valence-corrected chi connectivity index (χ3v) is 16.0. The van der Waals surface area contributed by atoms with E-state index in [0.717, 1.165) is 81.1 Å². The number of nitrogens with zero attached hydrogens (tertiary/aromatic N) is 15. The molecule has 27 nitrogen and oxygen atoms in total. The van der Waals surface area contributed by atoms with Crippen molar-refractivity contribution in [2.75, 3.05) is 118 Å². The summed E-state index contributed by atoms with van der Waals surface area (Å²) in [7, 11) is 9.27. The van der Waals surface area contributed by atoms with Gasteiger partial charge in [-0.05, 0) is 91.1 Å². The van der Waals surface area contributed by atoms with Gasteiger partial charge in [0.2, 0.25) is 20.5 Å². The Bertz CT molecular complexity index is 3140. The number of ether oxygens (including phenoxy) is 6. The number of anilines is 7. The van der Waals surface area contributed by atoms with E-state index in [2.05, 4.69) is 91.8 Å². The van der Waals surface area contributed by atoms with Gasteiger partial charge in [0, 0.05) is 102 Å². The van der Waals surface area contributed by atoms with Crippen LogP contribution in [0.2, 0.25) is 0 Å². The molecule has 3 saturated heterocycles. The van der Waals surface area contributed by atoms with Crippen molar-refractivity contribution >= 4 is 83.6 Å². The predicted octanol–water partition coefficient (Wildman–Crippen LogP) is 5.67. The highest BCUT2D eigenvalue weighted by Gasteiger charge is 2.29. The summed E-state index contributed by atoms with van der Waals surface area (Å²) in [6.45, 7) is 5.23. The summed E-state index contributed by atoms with van der Waals surface area (Å²) in [5.41, 5.74) is 6.87. The van der Waals surface area contributed by atoms with Crippen molar-refractivity contribution in [1.82, 2.24) is 61.2 Å². The molecule has 0 bridgehead atoms. The minimum absolute atomic E-state index is 0.119. The summed E-state index contributed by atoms with van der Waals surface area (Å²) in [5, 5.41) is 62.9. The average molecular weight is 1200 g/mol. The zero-order valence-corrected chi connectivity index (χ0v) is 49.6. The van der Waals surface area contributed by atoms with Gasteiger partial charge in [0.1, 0.15) is 45.2 Å². The van der Waals surface area contributed by atoms with Crippen LogP contribution in [0.5, 0.6) is 23.0 Å². The molecule has 5 atom stereocenters. The summed E-state index contributed by atoms with van der Waals surface area (Å²) in [5.74, 6) is 4.77. The van der Waals surface area contributed by atoms with E-state index < -0.39 is 12.2 Å². The smallest absolute Gasteiger partial charge is 0.207 e. The second kappa shape index (κ2) is 29.6. The Morgan fingerprint density at radius 1 is 0.500 bits per heavy atom. The van der Waals surface area contributed by atoms with Gasteiger partial charge in [-0.1, -0.05) is 34.0 Å². The fourth-order valence-electron chi connectivity index (χ4n) is 9.58. The van der Waals surface area contributed by atoms with Crippen molar-refractivity contribution in [2.24, 2.45) is 0 Å². The minimum Gasteiger partial charge on any atom is -0.497 e. The molecule has 3 fully saturated rings. The van der Waals surface area contributed by atoms with Crippen LogP contribution in [0.25, 0.3) is 0 Å². The van der Waals surface area contributed by atoms with E-state index in [1.165, 1.54) is 48.2 Å². The normalized spacial score (nSPS) is 17.0. The summed E-state index contributed by atoms with van der Waals surface area (Å²) >= 11 is 4.13. The number of rotatable bonds is 23. The van der Waals surface area contributed by atoms with Crippen LogP contribution in [-0.4, -0.2) is 173 Å². The maximum Gasteiger partial charge on any atom is 0.207 e. The Morgan fingerprint density at radius 3 is 1.14 bits per heavy atom. The van der Waals surface area contributed by atoms with Crippen LogP contribution in [0.1, 0.15) is 52.6 Å². The molecular weight excluding hydrogens is 1140 g/mol. The summed E-state index contributed by atoms with van der Waals surface area (Å²) in [4.78, 5) is 32.5. The van der Waals surface area contributed by atoms with Crippen molar-refractivity contribution < 1.29 is 38.0 Å². The number of nitrogens with one attached hydrogen (secondary N) is 3. The quantitative estimate of drug-likeness (QED) is 0.0599. The molecule has 2 aromatic carbocycles. The molecule has 8 aromatic rings. The highest BCUT2D eigenvalue weighted by molar-refractivity contribution is 7.18. The van der Waals surface area contributed by atoms with Gasteiger partial charge < -0.3 is 64.8 Å². The van der Waals surface area contributed by atoms with Gasteiger partial charge in [0.25, 0.3) is 0 Å². The third-order valence-electron chi connectivity index (χ3n) is 13.6. The fraction of sp³-hybridized carbons (Fsp3) is 0.407. The molecule has 0 spiro atoms. The fourth-order valence-corrected chi connectivity index (χ4v) is 11.8. The third kappa shape index (κ3) is 16.4. The van der Waals surface area contributed by atoms with Crippen LogP contribution in [0, 0.1) is 0 Å². The molecule has 5 N–H and O–H groups in total. The lowest BCUT2D eigenvalue weighted by molar-refractivity contribution is -0.129. The van der Waals surface area contributed by atoms with Crippen LogP contribution < -0.4 is 55.3 Å². The highest BCUT2D eigenvalue weighted by atomic mass is 32.1. The van der Waals surface area contributed by atoms with Crippen LogP contribution in [0.4, 0.5) is 38.0 Å². The molecule has 0 unspecified atom stereocenters. The summed E-state index contributed by atoms with van der Waals surface area (Å²) in [6.07, 6.45) is 6.67. The number of hydrogen-bond donors (Lipinski definition) is 4. The summed E-state index contributed by atoms with van der Waals surface area (Å²) < 4.78 is 32.2. The number of ketones is 2. The number of aromatic nitrogens is 12. The second-order valence-electron chi connectivity index (χ2n) is 19.2. The van der Waals surface area contributed by atoms with Gasteiger partial charge in [-0.2, -0.15) is 15.3 Å². The molecular formula is C54H65N19O8S3. The van der Waals surface area contributed by atoms with Gasteiger partial charge in [-0.15, -0.1) is 45.9 Å². The number of carbonyl (C=O) groups is 2. The Balaban J connectivity index is 0.000000158. The molecule has 11 rings (SSSR count). The van der Waals surface area contributed by atoms with Crippen LogP contribution in [-0.2, 0) is 31.9 Å². The number of Topliss-reactive ketones (excluding diaryl/α,β-unsaturated/α-hetero) is 2. The standard InChI is InChI=1S/2C22H26N6O4S.C10H13N7S/c2*1-30-16-9-14(10-17(11-16)31-2)21(32-3)18(29)12-20-26-27-22(33-20)24-15-6-8-28(13-15)19-5-4-7-23-25-19;11-9-15-16-10(18-9)13-7-3-5-17(6-7)8-2-1-4-12-14-8/h2*4-5,7,9-11,15,21H,6,8,12-13H2,1-3H3,(H,24,27);1-2,4,7H,3,5-6H2,(H2,11,15)(H,13,16)/t15-,21+;15-,21-;7-/m111/s1. The monoisotopic (exact) mass is 1200 g/mol. The van der Waals surface area contributed by atoms with Crippen molar-refractivity contribution in [3.63, 3.8) is 0 Å². The number of benzene rings is 2. The van der Waals surface area contributed by atoms with Gasteiger partial charge >= 0.3 is 0 Å². The molecule has 0 radical (unpaired) electrons. The van der Waals surface area contributed by atoms with E-state index in [1.54, 1.807) is 83.4 Å². The first kappa shape index (κ1) is 60.0. The first-order valence-corrected chi connectivity index (χ1v) is 29.1. The predicted molar refractivity (Wildman–Crippen MR) is 319 cm³/mol. The number of nitrogen functional groups attached to an aromatic ring is 1. The van der Waals surface area contributed by atoms with E-state index in [1.807, 2.05) is 36.4 Å². The van der Waals surface area contributed by atoms with E-state index in [9.17, 15) is 9.59 Å². The minimum atomic E-state index is -0.760. The first-order valence-electron chi connectivity index (χ1n) is 26.7. The second-order valence-corrected chi connectivity index (χ2v) is 22.4.